The first-order valence-electron chi connectivity index (χ1n) is 5.87. The van der Waals surface area contributed by atoms with Crippen molar-refractivity contribution in [2.24, 2.45) is 5.73 Å². The normalized spacial score (nSPS) is 15.1. The van der Waals surface area contributed by atoms with Gasteiger partial charge in [-0.05, 0) is 32.4 Å². The standard InChI is InChI=1S/C13H17N3O3/c1-9-4-5-12(11(6-9)16(17)18)19-10(2)7-13(3,15)8-14/h4-6,10H,7,15H2,1-3H3. The molecule has 1 aromatic rings. The van der Waals surface area contributed by atoms with Crippen LogP contribution in [-0.2, 0) is 0 Å². The molecule has 6 nitrogen and oxygen atoms in total. The quantitative estimate of drug-likeness (QED) is 0.648. The lowest BCUT2D eigenvalue weighted by molar-refractivity contribution is -0.386. The number of nitrogens with zero attached hydrogens (tertiary/aromatic N) is 2. The summed E-state index contributed by atoms with van der Waals surface area (Å²) in [6.07, 6.45) is -0.106. The fourth-order valence-electron chi connectivity index (χ4n) is 1.77. The van der Waals surface area contributed by atoms with Crippen LogP contribution >= 0.6 is 0 Å². The van der Waals surface area contributed by atoms with Gasteiger partial charge in [-0.25, -0.2) is 0 Å². The summed E-state index contributed by atoms with van der Waals surface area (Å²) in [6, 6.07) is 6.72. The molecule has 0 heterocycles. The number of aryl methyl sites for hydroxylation is 1. The molecule has 0 aliphatic carbocycles. The monoisotopic (exact) mass is 263 g/mol. The van der Waals surface area contributed by atoms with E-state index in [9.17, 15) is 10.1 Å². The van der Waals surface area contributed by atoms with Gasteiger partial charge < -0.3 is 10.5 Å². The molecule has 0 spiro atoms. The Labute approximate surface area is 111 Å². The SMILES string of the molecule is Cc1ccc(OC(C)CC(C)(N)C#N)c([N+](=O)[O-])c1. The highest BCUT2D eigenvalue weighted by Gasteiger charge is 2.24. The number of rotatable bonds is 5. The second-order valence-corrected chi connectivity index (χ2v) is 4.89. The van der Waals surface area contributed by atoms with Crippen molar-refractivity contribution in [1.82, 2.24) is 0 Å². The molecule has 2 atom stereocenters. The molecule has 6 heteroatoms. The minimum atomic E-state index is -1.01. The van der Waals surface area contributed by atoms with Gasteiger partial charge in [0.15, 0.2) is 5.75 Å². The van der Waals surface area contributed by atoms with Gasteiger partial charge in [-0.3, -0.25) is 10.1 Å². The van der Waals surface area contributed by atoms with Crippen LogP contribution in [0.1, 0.15) is 25.8 Å². The number of benzene rings is 1. The lowest BCUT2D eigenvalue weighted by Gasteiger charge is -2.21. The summed E-state index contributed by atoms with van der Waals surface area (Å²) in [6.45, 7) is 5.09. The van der Waals surface area contributed by atoms with Crippen molar-refractivity contribution >= 4 is 5.69 Å². The highest BCUT2D eigenvalue weighted by Crippen LogP contribution is 2.29. The maximum absolute atomic E-state index is 10.9. The van der Waals surface area contributed by atoms with Gasteiger partial charge in [0.25, 0.3) is 0 Å². The van der Waals surface area contributed by atoms with Crippen molar-refractivity contribution in [2.75, 3.05) is 0 Å². The summed E-state index contributed by atoms with van der Waals surface area (Å²) in [4.78, 5) is 10.5. The van der Waals surface area contributed by atoms with Gasteiger partial charge in [-0.15, -0.1) is 0 Å². The van der Waals surface area contributed by atoms with E-state index < -0.39 is 16.6 Å². The van der Waals surface area contributed by atoms with Crippen LogP contribution in [0.2, 0.25) is 0 Å². The van der Waals surface area contributed by atoms with E-state index in [1.165, 1.54) is 6.07 Å². The third-order valence-electron chi connectivity index (χ3n) is 2.61. The van der Waals surface area contributed by atoms with E-state index in [0.29, 0.717) is 0 Å². The Bertz CT molecular complexity index is 520. The van der Waals surface area contributed by atoms with Crippen LogP contribution in [0.5, 0.6) is 5.75 Å². The lowest BCUT2D eigenvalue weighted by atomic mass is 9.98. The van der Waals surface area contributed by atoms with Crippen LogP contribution in [0.3, 0.4) is 0 Å². The van der Waals surface area contributed by atoms with Gasteiger partial charge >= 0.3 is 5.69 Å². The predicted molar refractivity (Wildman–Crippen MR) is 70.7 cm³/mol. The molecule has 0 radical (unpaired) electrons. The molecule has 19 heavy (non-hydrogen) atoms. The van der Waals surface area contributed by atoms with Crippen molar-refractivity contribution in [3.63, 3.8) is 0 Å². The lowest BCUT2D eigenvalue weighted by Crippen LogP contribution is -2.38. The molecule has 0 fully saturated rings. The summed E-state index contributed by atoms with van der Waals surface area (Å²) in [5, 5.41) is 19.8. The molecular weight excluding hydrogens is 246 g/mol. The Kier molecular flexibility index (Phi) is 4.46. The first-order chi connectivity index (χ1) is 8.75. The van der Waals surface area contributed by atoms with Gasteiger partial charge in [0.05, 0.1) is 17.1 Å². The Morgan fingerprint density at radius 1 is 1.63 bits per heavy atom. The summed E-state index contributed by atoms with van der Waals surface area (Å²) in [5.74, 6) is 0.192. The van der Waals surface area contributed by atoms with Crippen LogP contribution in [-0.4, -0.2) is 16.6 Å². The Morgan fingerprint density at radius 2 is 2.26 bits per heavy atom. The maximum Gasteiger partial charge on any atom is 0.311 e. The highest BCUT2D eigenvalue weighted by molar-refractivity contribution is 5.48. The number of nitro groups is 1. The average molecular weight is 263 g/mol. The van der Waals surface area contributed by atoms with Crippen molar-refractivity contribution in [2.45, 2.75) is 38.8 Å². The average Bonchev–Trinajstić information content (AvgIpc) is 2.30. The number of nitriles is 1. The van der Waals surface area contributed by atoms with Crippen molar-refractivity contribution in [1.29, 1.82) is 5.26 Å². The second kappa shape index (κ2) is 5.67. The number of ether oxygens (including phenoxy) is 1. The van der Waals surface area contributed by atoms with Crippen molar-refractivity contribution < 1.29 is 9.66 Å². The minimum absolute atomic E-state index is 0.0810. The topological polar surface area (TPSA) is 102 Å². The molecule has 1 rings (SSSR count). The van der Waals surface area contributed by atoms with Gasteiger partial charge in [0.1, 0.15) is 5.54 Å². The molecule has 0 saturated carbocycles. The van der Waals surface area contributed by atoms with E-state index in [-0.39, 0.29) is 17.9 Å². The molecule has 2 N–H and O–H groups in total. The van der Waals surface area contributed by atoms with E-state index >= 15 is 0 Å². The van der Waals surface area contributed by atoms with Gasteiger partial charge in [-0.1, -0.05) is 6.07 Å². The van der Waals surface area contributed by atoms with Crippen molar-refractivity contribution in [3.05, 3.63) is 33.9 Å². The molecule has 2 unspecified atom stereocenters. The summed E-state index contributed by atoms with van der Waals surface area (Å²) in [5.41, 5.74) is 5.41. The van der Waals surface area contributed by atoms with E-state index in [1.807, 2.05) is 6.07 Å². The van der Waals surface area contributed by atoms with Gasteiger partial charge in [-0.2, -0.15) is 5.26 Å². The summed E-state index contributed by atoms with van der Waals surface area (Å²) < 4.78 is 5.53. The first kappa shape index (κ1) is 14.9. The fraction of sp³-hybridized carbons (Fsp3) is 0.462. The predicted octanol–water partition coefficient (Wildman–Crippen LogP) is 2.30. The van der Waals surface area contributed by atoms with E-state index in [1.54, 1.807) is 32.9 Å². The molecule has 0 amide bonds. The minimum Gasteiger partial charge on any atom is -0.484 e. The molecule has 102 valence electrons. The zero-order valence-electron chi connectivity index (χ0n) is 11.2. The number of hydrogen-bond donors (Lipinski definition) is 1. The number of hydrogen-bond acceptors (Lipinski definition) is 5. The Morgan fingerprint density at radius 3 is 2.79 bits per heavy atom. The smallest absolute Gasteiger partial charge is 0.311 e. The zero-order chi connectivity index (χ0) is 14.6. The van der Waals surface area contributed by atoms with E-state index in [2.05, 4.69) is 0 Å². The van der Waals surface area contributed by atoms with Gasteiger partial charge in [0.2, 0.25) is 0 Å². The van der Waals surface area contributed by atoms with Crippen LogP contribution in [0.25, 0.3) is 0 Å². The Balaban J connectivity index is 2.89. The first-order valence-corrected chi connectivity index (χ1v) is 5.87. The molecule has 1 aromatic carbocycles. The molecular formula is C13H17N3O3. The number of nitro benzene ring substituents is 1. The van der Waals surface area contributed by atoms with Gasteiger partial charge in [0, 0.05) is 12.5 Å². The molecule has 0 aliphatic heterocycles. The van der Waals surface area contributed by atoms with E-state index in [0.717, 1.165) is 5.56 Å². The largest absolute Gasteiger partial charge is 0.484 e. The number of nitrogens with two attached hydrogens (primary N) is 1. The molecule has 0 bridgehead atoms. The Hall–Kier alpha value is -2.13. The van der Waals surface area contributed by atoms with Crippen LogP contribution in [0.4, 0.5) is 5.69 Å². The molecule has 0 saturated heterocycles. The van der Waals surface area contributed by atoms with Crippen molar-refractivity contribution in [3.8, 4) is 11.8 Å². The third-order valence-corrected chi connectivity index (χ3v) is 2.61. The zero-order valence-corrected chi connectivity index (χ0v) is 11.2. The molecule has 0 aliphatic rings. The second-order valence-electron chi connectivity index (χ2n) is 4.89. The van der Waals surface area contributed by atoms with Crippen LogP contribution in [0, 0.1) is 28.4 Å². The third kappa shape index (κ3) is 4.23. The summed E-state index contributed by atoms with van der Waals surface area (Å²) >= 11 is 0. The van der Waals surface area contributed by atoms with E-state index in [4.69, 9.17) is 15.7 Å². The summed E-state index contributed by atoms with van der Waals surface area (Å²) in [7, 11) is 0. The van der Waals surface area contributed by atoms with Crippen LogP contribution < -0.4 is 10.5 Å². The highest BCUT2D eigenvalue weighted by atomic mass is 16.6. The maximum atomic E-state index is 10.9. The van der Waals surface area contributed by atoms with Crippen LogP contribution in [0.15, 0.2) is 18.2 Å². The molecule has 0 aromatic heterocycles. The fourth-order valence-corrected chi connectivity index (χ4v) is 1.77.